The summed E-state index contributed by atoms with van der Waals surface area (Å²) in [5, 5.41) is 11.7. The van der Waals surface area contributed by atoms with Gasteiger partial charge in [-0.25, -0.2) is 0 Å². The molecule has 4 aliphatic carbocycles. The van der Waals surface area contributed by atoms with Crippen LogP contribution in [-0.4, -0.2) is 23.8 Å². The van der Waals surface area contributed by atoms with E-state index in [1.807, 2.05) is 0 Å². The molecule has 4 saturated carbocycles. The Morgan fingerprint density at radius 1 is 0.853 bits per heavy atom. The first kappa shape index (κ1) is 26.9. The molecular weight excluding hydrogens is 416 g/mol. The first-order chi connectivity index (χ1) is 16.1. The maximum Gasteiger partial charge on any atom is 0.0577 e. The molecule has 3 nitrogen and oxygen atoms in total. The molecule has 3 heteroatoms. The smallest absolute Gasteiger partial charge is 0.0577 e. The molecule has 0 heterocycles. The van der Waals surface area contributed by atoms with Crippen molar-refractivity contribution in [2.45, 2.75) is 130 Å². The highest BCUT2D eigenvalue weighted by Gasteiger charge is 2.62. The molecule has 0 aromatic heterocycles. The van der Waals surface area contributed by atoms with E-state index in [0.717, 1.165) is 55.4 Å². The van der Waals surface area contributed by atoms with Crippen LogP contribution in [0.3, 0.4) is 0 Å². The second-order valence-corrected chi connectivity index (χ2v) is 14.5. The van der Waals surface area contributed by atoms with Gasteiger partial charge in [-0.15, -0.1) is 0 Å². The number of hydrogen-bond donors (Lipinski definition) is 3. The van der Waals surface area contributed by atoms with Crippen LogP contribution in [0.2, 0.25) is 0 Å². The molecule has 1 unspecified atom stereocenters. The third kappa shape index (κ3) is 4.89. The fourth-order valence-corrected chi connectivity index (χ4v) is 10.3. The monoisotopic (exact) mass is 474 g/mol. The number of fused-ring (bicyclic) bond motifs is 5. The van der Waals surface area contributed by atoms with E-state index in [2.05, 4.69) is 34.6 Å². The van der Waals surface area contributed by atoms with Gasteiger partial charge in [0.15, 0.2) is 0 Å². The molecule has 0 radical (unpaired) electrons. The first-order valence-corrected chi connectivity index (χ1v) is 15.3. The van der Waals surface area contributed by atoms with Crippen LogP contribution in [0.1, 0.15) is 118 Å². The van der Waals surface area contributed by atoms with Gasteiger partial charge in [0, 0.05) is 6.04 Å². The molecule has 0 aromatic carbocycles. The lowest BCUT2D eigenvalue weighted by Crippen LogP contribution is -2.59. The van der Waals surface area contributed by atoms with E-state index < -0.39 is 0 Å². The van der Waals surface area contributed by atoms with E-state index in [9.17, 15) is 5.11 Å². The summed E-state index contributed by atoms with van der Waals surface area (Å²) in [4.78, 5) is 0. The average molecular weight is 475 g/mol. The molecule has 4 fully saturated rings. The summed E-state index contributed by atoms with van der Waals surface area (Å²) >= 11 is 0. The van der Waals surface area contributed by atoms with Crippen LogP contribution in [0, 0.1) is 58.2 Å². The van der Waals surface area contributed by atoms with Crippen molar-refractivity contribution in [2.24, 2.45) is 69.6 Å². The third-order valence-electron chi connectivity index (χ3n) is 12.3. The molecule has 5 N–H and O–H groups in total. The molecule has 34 heavy (non-hydrogen) atoms. The predicted octanol–water partition coefficient (Wildman–Crippen LogP) is 6.76. The minimum Gasteiger partial charge on any atom is -0.393 e. The van der Waals surface area contributed by atoms with Crippen LogP contribution in [-0.2, 0) is 0 Å². The average Bonchev–Trinajstić information content (AvgIpc) is 3.14. The number of aliphatic hydroxyl groups excluding tert-OH is 1. The van der Waals surface area contributed by atoms with Gasteiger partial charge in [-0.05, 0) is 129 Å². The van der Waals surface area contributed by atoms with Crippen molar-refractivity contribution in [3.05, 3.63) is 0 Å². The van der Waals surface area contributed by atoms with Crippen LogP contribution >= 0.6 is 0 Å². The van der Waals surface area contributed by atoms with Crippen molar-refractivity contribution in [1.82, 2.24) is 0 Å². The summed E-state index contributed by atoms with van der Waals surface area (Å²) in [5.74, 6) is 5.80. The van der Waals surface area contributed by atoms with Gasteiger partial charge in [-0.3, -0.25) is 0 Å². The highest BCUT2D eigenvalue weighted by Crippen LogP contribution is 2.68. The minimum atomic E-state index is -0.0956. The second kappa shape index (κ2) is 10.7. The van der Waals surface area contributed by atoms with Crippen LogP contribution < -0.4 is 11.5 Å². The highest BCUT2D eigenvalue weighted by atomic mass is 16.3. The molecule has 0 amide bonds. The molecule has 4 aliphatic rings. The van der Waals surface area contributed by atoms with Crippen LogP contribution in [0.25, 0.3) is 0 Å². The summed E-state index contributed by atoms with van der Waals surface area (Å²) in [7, 11) is 0. The minimum absolute atomic E-state index is 0.0956. The van der Waals surface area contributed by atoms with Crippen molar-refractivity contribution < 1.29 is 5.11 Å². The SMILES string of the molecule is CC(C)CCC[C@@H](C)[C@H]1CC[C@H]2[C@@H]3[C@@H](O)C[C@H]4C[C@@H](C(N)CCCN)CC[C@]4(C)[C@H]3CC[C@]12C. The van der Waals surface area contributed by atoms with Crippen molar-refractivity contribution in [3.8, 4) is 0 Å². The maximum atomic E-state index is 11.7. The molecule has 11 atom stereocenters. The topological polar surface area (TPSA) is 72.3 Å². The predicted molar refractivity (Wildman–Crippen MR) is 144 cm³/mol. The molecule has 0 bridgehead atoms. The summed E-state index contributed by atoms with van der Waals surface area (Å²) < 4.78 is 0. The third-order valence-corrected chi connectivity index (χ3v) is 12.3. The van der Waals surface area contributed by atoms with Gasteiger partial charge in [0.1, 0.15) is 0 Å². The van der Waals surface area contributed by atoms with Gasteiger partial charge < -0.3 is 16.6 Å². The van der Waals surface area contributed by atoms with Gasteiger partial charge in [-0.2, -0.15) is 0 Å². The molecule has 4 rings (SSSR count). The van der Waals surface area contributed by atoms with E-state index in [4.69, 9.17) is 11.5 Å². The highest BCUT2D eigenvalue weighted by molar-refractivity contribution is 5.12. The van der Waals surface area contributed by atoms with E-state index in [1.165, 1.54) is 64.2 Å². The summed E-state index contributed by atoms with van der Waals surface area (Å²) in [6.45, 7) is 13.3. The second-order valence-electron chi connectivity index (χ2n) is 14.5. The number of aliphatic hydroxyl groups is 1. The fraction of sp³-hybridized carbons (Fsp3) is 1.00. The zero-order chi connectivity index (χ0) is 24.7. The maximum absolute atomic E-state index is 11.7. The van der Waals surface area contributed by atoms with Crippen LogP contribution in [0.15, 0.2) is 0 Å². The Morgan fingerprint density at radius 2 is 1.56 bits per heavy atom. The molecule has 0 aliphatic heterocycles. The van der Waals surface area contributed by atoms with Crippen molar-refractivity contribution in [3.63, 3.8) is 0 Å². The summed E-state index contributed by atoms with van der Waals surface area (Å²) in [5.41, 5.74) is 13.2. The van der Waals surface area contributed by atoms with Crippen molar-refractivity contribution >= 4 is 0 Å². The Kier molecular flexibility index (Phi) is 8.48. The number of nitrogens with two attached hydrogens (primary N) is 2. The van der Waals surface area contributed by atoms with Gasteiger partial charge in [0.25, 0.3) is 0 Å². The van der Waals surface area contributed by atoms with Crippen molar-refractivity contribution in [2.75, 3.05) is 6.54 Å². The molecule has 0 aromatic rings. The van der Waals surface area contributed by atoms with E-state index in [1.54, 1.807) is 0 Å². The summed E-state index contributed by atoms with van der Waals surface area (Å²) in [6, 6.07) is 0.297. The van der Waals surface area contributed by atoms with E-state index >= 15 is 0 Å². The van der Waals surface area contributed by atoms with Gasteiger partial charge in [0.2, 0.25) is 0 Å². The molecule has 0 spiro atoms. The lowest BCUT2D eigenvalue weighted by Gasteiger charge is -2.63. The number of hydrogen-bond acceptors (Lipinski definition) is 3. The zero-order valence-corrected chi connectivity index (χ0v) is 23.3. The van der Waals surface area contributed by atoms with E-state index in [0.29, 0.717) is 34.6 Å². The Morgan fingerprint density at radius 3 is 2.26 bits per heavy atom. The Balaban J connectivity index is 1.45. The lowest BCUT2D eigenvalue weighted by molar-refractivity contribution is -0.170. The Labute approximate surface area is 211 Å². The van der Waals surface area contributed by atoms with E-state index in [-0.39, 0.29) is 6.10 Å². The Hall–Kier alpha value is -0.120. The Bertz CT molecular complexity index is 666. The van der Waals surface area contributed by atoms with Crippen molar-refractivity contribution in [1.29, 1.82) is 0 Å². The fourth-order valence-electron chi connectivity index (χ4n) is 10.3. The van der Waals surface area contributed by atoms with Gasteiger partial charge in [0.05, 0.1) is 6.10 Å². The lowest BCUT2D eigenvalue weighted by atomic mass is 9.43. The number of rotatable bonds is 9. The van der Waals surface area contributed by atoms with Gasteiger partial charge in [-0.1, -0.05) is 53.9 Å². The standard InChI is InChI=1S/C31H58N2O/c1-20(2)8-6-9-21(3)24-11-12-25-29-26(14-16-31(24,25)5)30(4)15-13-22(27(33)10-7-17-32)18-23(30)19-28(29)34/h20-29,34H,6-19,32-33H2,1-5H3/t21-,22+,23-,24-,25+,26+,27?,28+,29+,30+,31-/m1/s1. The molecule has 0 saturated heterocycles. The van der Waals surface area contributed by atoms with Crippen LogP contribution in [0.4, 0.5) is 0 Å². The normalized spacial score (nSPS) is 46.0. The first-order valence-electron chi connectivity index (χ1n) is 15.3. The van der Waals surface area contributed by atoms with Crippen LogP contribution in [0.5, 0.6) is 0 Å². The molecule has 198 valence electrons. The largest absolute Gasteiger partial charge is 0.393 e. The molecular formula is C31H58N2O. The quantitative estimate of drug-likeness (QED) is 0.345. The summed E-state index contributed by atoms with van der Waals surface area (Å²) in [6.07, 6.45) is 16.6. The zero-order valence-electron chi connectivity index (χ0n) is 23.3. The van der Waals surface area contributed by atoms with Gasteiger partial charge >= 0.3 is 0 Å².